The highest BCUT2D eigenvalue weighted by Gasteiger charge is 2.45. The number of carbonyl (C=O) groups is 1. The van der Waals surface area contributed by atoms with Crippen LogP contribution in [0.5, 0.6) is 0 Å². The number of Topliss-reactive ketones (excluding diaryl/α,β-unsaturated/α-hetero) is 1. The normalized spacial score (nSPS) is 36.2. The smallest absolute Gasteiger partial charge is 0.146 e. The van der Waals surface area contributed by atoms with Crippen LogP contribution < -0.4 is 5.32 Å². The van der Waals surface area contributed by atoms with E-state index >= 15 is 0 Å². The molecule has 3 heteroatoms. The Morgan fingerprint density at radius 3 is 3.05 bits per heavy atom. The van der Waals surface area contributed by atoms with Crippen molar-refractivity contribution in [1.29, 1.82) is 0 Å². The molecule has 100 valence electrons. The van der Waals surface area contributed by atoms with Gasteiger partial charge in [-0.3, -0.25) is 9.78 Å². The van der Waals surface area contributed by atoms with E-state index in [9.17, 15) is 4.79 Å². The summed E-state index contributed by atoms with van der Waals surface area (Å²) >= 11 is 0. The van der Waals surface area contributed by atoms with Gasteiger partial charge in [0.2, 0.25) is 0 Å². The Hall–Kier alpha value is -1.22. The number of nitrogens with zero attached hydrogens (tertiary/aromatic N) is 1. The zero-order chi connectivity index (χ0) is 12.8. The first-order valence-electron chi connectivity index (χ1n) is 7.56. The van der Waals surface area contributed by atoms with E-state index < -0.39 is 0 Å². The van der Waals surface area contributed by atoms with Crippen molar-refractivity contribution in [3.05, 3.63) is 29.6 Å². The topological polar surface area (TPSA) is 42.0 Å². The summed E-state index contributed by atoms with van der Waals surface area (Å²) in [6.07, 6.45) is 8.55. The molecule has 1 aromatic rings. The number of aromatic nitrogens is 1. The molecule has 0 amide bonds. The van der Waals surface area contributed by atoms with Crippen molar-refractivity contribution < 1.29 is 4.79 Å². The second-order valence-electron chi connectivity index (χ2n) is 6.28. The number of rotatable bonds is 2. The van der Waals surface area contributed by atoms with Crippen LogP contribution in [0.15, 0.2) is 18.3 Å². The van der Waals surface area contributed by atoms with Crippen LogP contribution >= 0.6 is 0 Å². The van der Waals surface area contributed by atoms with Gasteiger partial charge in [-0.2, -0.15) is 0 Å². The Bertz CT molecular complexity index is 513. The van der Waals surface area contributed by atoms with Crippen LogP contribution in [0.4, 0.5) is 0 Å². The Balaban J connectivity index is 1.61. The molecular weight excluding hydrogens is 236 g/mol. The van der Waals surface area contributed by atoms with Gasteiger partial charge >= 0.3 is 0 Å². The van der Waals surface area contributed by atoms with Crippen molar-refractivity contribution >= 4 is 5.78 Å². The maximum Gasteiger partial charge on any atom is 0.146 e. The van der Waals surface area contributed by atoms with Gasteiger partial charge in [0.25, 0.3) is 0 Å². The van der Waals surface area contributed by atoms with Crippen LogP contribution in [0.3, 0.4) is 0 Å². The highest BCUT2D eigenvalue weighted by Crippen LogP contribution is 2.39. The van der Waals surface area contributed by atoms with Crippen LogP contribution in [-0.4, -0.2) is 22.9 Å². The minimum absolute atomic E-state index is 0.0658. The van der Waals surface area contributed by atoms with Crippen molar-refractivity contribution in [2.45, 2.75) is 56.5 Å². The Kier molecular flexibility index (Phi) is 2.69. The lowest BCUT2D eigenvalue weighted by molar-refractivity contribution is -0.125. The number of pyridine rings is 1. The minimum Gasteiger partial charge on any atom is -0.310 e. The van der Waals surface area contributed by atoms with Crippen LogP contribution in [-0.2, 0) is 11.2 Å². The molecule has 19 heavy (non-hydrogen) atoms. The zero-order valence-corrected chi connectivity index (χ0v) is 11.1. The molecule has 0 spiro atoms. The maximum atomic E-state index is 12.9. The van der Waals surface area contributed by atoms with E-state index in [-0.39, 0.29) is 11.8 Å². The molecule has 3 nitrogen and oxygen atoms in total. The van der Waals surface area contributed by atoms with Crippen LogP contribution in [0, 0.1) is 5.92 Å². The monoisotopic (exact) mass is 256 g/mol. The number of carbonyl (C=O) groups excluding carboxylic acids is 1. The summed E-state index contributed by atoms with van der Waals surface area (Å²) in [7, 11) is 0. The standard InChI is InChI=1S/C16H20N2O/c19-16(13-9-11-6-7-14(13)18-11)12-5-1-3-10-4-2-8-17-15(10)12/h2,4,8,11-14,18H,1,3,5-7,9H2. The van der Waals surface area contributed by atoms with E-state index in [0.29, 0.717) is 17.9 Å². The first-order chi connectivity index (χ1) is 9.33. The number of hydrogen-bond donors (Lipinski definition) is 1. The second-order valence-corrected chi connectivity index (χ2v) is 6.28. The quantitative estimate of drug-likeness (QED) is 0.882. The number of aryl methyl sites for hydroxylation is 1. The van der Waals surface area contributed by atoms with Crippen molar-refractivity contribution in [3.63, 3.8) is 0 Å². The predicted molar refractivity (Wildman–Crippen MR) is 73.0 cm³/mol. The fourth-order valence-corrected chi connectivity index (χ4v) is 4.28. The largest absolute Gasteiger partial charge is 0.310 e. The van der Waals surface area contributed by atoms with E-state index in [2.05, 4.69) is 16.4 Å². The van der Waals surface area contributed by atoms with Gasteiger partial charge < -0.3 is 5.32 Å². The third kappa shape index (κ3) is 1.83. The number of nitrogens with one attached hydrogen (secondary N) is 1. The molecule has 3 heterocycles. The fourth-order valence-electron chi connectivity index (χ4n) is 4.28. The average molecular weight is 256 g/mol. The van der Waals surface area contributed by atoms with Gasteiger partial charge in [0.15, 0.2) is 0 Å². The van der Waals surface area contributed by atoms with Gasteiger partial charge in [-0.1, -0.05) is 6.07 Å². The van der Waals surface area contributed by atoms with Crippen molar-refractivity contribution in [2.75, 3.05) is 0 Å². The lowest BCUT2D eigenvalue weighted by Crippen LogP contribution is -2.33. The summed E-state index contributed by atoms with van der Waals surface area (Å²) in [4.78, 5) is 17.4. The molecule has 2 saturated heterocycles. The van der Waals surface area contributed by atoms with Gasteiger partial charge in [-0.25, -0.2) is 0 Å². The molecule has 4 unspecified atom stereocenters. The fraction of sp³-hybridized carbons (Fsp3) is 0.625. The van der Waals surface area contributed by atoms with Crippen LogP contribution in [0.25, 0.3) is 0 Å². The molecule has 0 aromatic carbocycles. The average Bonchev–Trinajstić information content (AvgIpc) is 3.08. The lowest BCUT2D eigenvalue weighted by Gasteiger charge is -2.28. The number of fused-ring (bicyclic) bond motifs is 3. The molecule has 1 aromatic heterocycles. The minimum atomic E-state index is 0.0658. The molecule has 1 aliphatic carbocycles. The van der Waals surface area contributed by atoms with Crippen LogP contribution in [0.2, 0.25) is 0 Å². The summed E-state index contributed by atoms with van der Waals surface area (Å²) in [5, 5.41) is 3.58. The number of ketones is 1. The van der Waals surface area contributed by atoms with Gasteiger partial charge in [-0.05, 0) is 50.2 Å². The Labute approximate surface area is 113 Å². The third-order valence-electron chi connectivity index (χ3n) is 5.20. The summed E-state index contributed by atoms with van der Waals surface area (Å²) < 4.78 is 0. The molecule has 1 N–H and O–H groups in total. The first-order valence-corrected chi connectivity index (χ1v) is 7.56. The molecule has 2 aliphatic heterocycles. The molecule has 0 saturated carbocycles. The van der Waals surface area contributed by atoms with E-state index in [1.807, 2.05) is 12.3 Å². The van der Waals surface area contributed by atoms with E-state index in [0.717, 1.165) is 31.4 Å². The third-order valence-corrected chi connectivity index (χ3v) is 5.20. The summed E-state index contributed by atoms with van der Waals surface area (Å²) in [5.74, 6) is 0.771. The highest BCUT2D eigenvalue weighted by atomic mass is 16.1. The summed E-state index contributed by atoms with van der Waals surface area (Å²) in [5.41, 5.74) is 2.37. The molecule has 2 fully saturated rings. The molecule has 3 aliphatic rings. The van der Waals surface area contributed by atoms with E-state index in [1.165, 1.54) is 18.4 Å². The van der Waals surface area contributed by atoms with Crippen molar-refractivity contribution in [1.82, 2.24) is 10.3 Å². The molecule has 4 rings (SSSR count). The maximum absolute atomic E-state index is 12.9. The Morgan fingerprint density at radius 2 is 2.26 bits per heavy atom. The van der Waals surface area contributed by atoms with Gasteiger partial charge in [0.05, 0.1) is 11.6 Å². The summed E-state index contributed by atoms with van der Waals surface area (Å²) in [6.45, 7) is 0. The van der Waals surface area contributed by atoms with Crippen LogP contribution in [0.1, 0.15) is 49.3 Å². The first kappa shape index (κ1) is 11.6. The highest BCUT2D eigenvalue weighted by molar-refractivity contribution is 5.89. The predicted octanol–water partition coefficient (Wildman–Crippen LogP) is 2.21. The van der Waals surface area contributed by atoms with Gasteiger partial charge in [0, 0.05) is 24.2 Å². The van der Waals surface area contributed by atoms with E-state index in [1.54, 1.807) is 0 Å². The van der Waals surface area contributed by atoms with Gasteiger partial charge in [0.1, 0.15) is 5.78 Å². The summed E-state index contributed by atoms with van der Waals surface area (Å²) in [6, 6.07) is 5.18. The number of hydrogen-bond acceptors (Lipinski definition) is 3. The molecule has 4 atom stereocenters. The van der Waals surface area contributed by atoms with Gasteiger partial charge in [-0.15, -0.1) is 0 Å². The van der Waals surface area contributed by atoms with Crippen molar-refractivity contribution in [2.24, 2.45) is 5.92 Å². The Morgan fingerprint density at radius 1 is 1.32 bits per heavy atom. The molecule has 2 bridgehead atoms. The SMILES string of the molecule is O=C(C1CCCc2cccnc21)C1CC2CCC1N2. The molecule has 0 radical (unpaired) electrons. The molecular formula is C16H20N2O. The second kappa shape index (κ2) is 4.41. The lowest BCUT2D eigenvalue weighted by atomic mass is 9.75. The van der Waals surface area contributed by atoms with Crippen molar-refractivity contribution in [3.8, 4) is 0 Å². The van der Waals surface area contributed by atoms with E-state index in [4.69, 9.17) is 0 Å². The zero-order valence-electron chi connectivity index (χ0n) is 11.1.